The van der Waals surface area contributed by atoms with Crippen LogP contribution in [-0.4, -0.2) is 83.4 Å². The van der Waals surface area contributed by atoms with Crippen LogP contribution in [0.4, 0.5) is 9.18 Å². The molecule has 258 valence electrons. The molecule has 3 atom stereocenters. The van der Waals surface area contributed by atoms with Gasteiger partial charge in [0.25, 0.3) is 0 Å². The number of aromatic nitrogens is 2. The molecule has 0 bridgehead atoms. The molecular weight excluding hydrogens is 656 g/mol. The molecule has 14 heteroatoms. The number of amidine groups is 1. The number of benzene rings is 1. The summed E-state index contributed by atoms with van der Waals surface area (Å²) in [5, 5.41) is 0.155. The van der Waals surface area contributed by atoms with E-state index in [4.69, 9.17) is 30.4 Å². The van der Waals surface area contributed by atoms with E-state index in [0.717, 1.165) is 17.8 Å². The summed E-state index contributed by atoms with van der Waals surface area (Å²) in [5.74, 6) is 0.639. The zero-order chi connectivity index (χ0) is 35.5. The summed E-state index contributed by atoms with van der Waals surface area (Å²) in [4.78, 5) is 54.4. The van der Waals surface area contributed by atoms with Crippen LogP contribution < -0.4 is 4.74 Å². The first-order chi connectivity index (χ1) is 22.4. The van der Waals surface area contributed by atoms with Crippen LogP contribution in [-0.2, 0) is 31.0 Å². The maximum atomic E-state index is 15.8. The number of ether oxygens (including phenoxy) is 4. The molecular formula is C34H43FN4O7SSi. The third-order valence-electron chi connectivity index (χ3n) is 7.94. The number of carbonyl (C=O) groups excluding carboxylic acids is 3. The molecule has 1 aromatic carbocycles. The van der Waals surface area contributed by atoms with Crippen LogP contribution in [0.15, 0.2) is 35.6 Å². The van der Waals surface area contributed by atoms with E-state index in [2.05, 4.69) is 35.5 Å². The van der Waals surface area contributed by atoms with Crippen molar-refractivity contribution >= 4 is 42.8 Å². The van der Waals surface area contributed by atoms with Crippen molar-refractivity contribution in [3.05, 3.63) is 53.2 Å². The summed E-state index contributed by atoms with van der Waals surface area (Å²) >= 11 is 1.10. The number of halogens is 1. The summed E-state index contributed by atoms with van der Waals surface area (Å²) in [6.45, 7) is 13.9. The van der Waals surface area contributed by atoms with Crippen LogP contribution in [0.3, 0.4) is 0 Å². The fourth-order valence-electron chi connectivity index (χ4n) is 5.31. The van der Waals surface area contributed by atoms with Gasteiger partial charge in [0.1, 0.15) is 28.6 Å². The number of aliphatic imine (C=N–C) groups is 1. The predicted molar refractivity (Wildman–Crippen MR) is 183 cm³/mol. The number of hydrogen-bond donors (Lipinski definition) is 0. The van der Waals surface area contributed by atoms with Gasteiger partial charge in [-0.1, -0.05) is 43.4 Å². The quantitative estimate of drug-likeness (QED) is 0.0665. The van der Waals surface area contributed by atoms with Crippen LogP contribution in [0, 0.1) is 24.1 Å². The number of carbonyl (C=O) groups is 3. The minimum Gasteiger partial charge on any atom is -0.468 e. The Bertz CT molecular complexity index is 1620. The predicted octanol–water partition coefficient (Wildman–Crippen LogP) is 5.85. The SMILES string of the molecule is C#CCOc1cnc(C(=O)Cc2ccc(F)c([C@@]3(C)N=C(N(COCC[Si](C)(C)C)C(=O)OC(C)(C)C)S[C@@]4(C(=O)OC)C[C@H]43)c2)cn1. The molecule has 11 nitrogen and oxygen atoms in total. The molecule has 2 aliphatic rings. The van der Waals surface area contributed by atoms with E-state index in [1.54, 1.807) is 33.8 Å². The number of amides is 1. The Labute approximate surface area is 286 Å². The maximum Gasteiger partial charge on any atom is 0.418 e. The lowest BCUT2D eigenvalue weighted by Crippen LogP contribution is -2.47. The first-order valence-electron chi connectivity index (χ1n) is 15.6. The number of nitrogens with zero attached hydrogens (tertiary/aromatic N) is 4. The van der Waals surface area contributed by atoms with Crippen molar-refractivity contribution in [2.45, 2.75) is 82.1 Å². The molecule has 0 N–H and O–H groups in total. The Balaban J connectivity index is 1.70. The van der Waals surface area contributed by atoms with E-state index in [-0.39, 0.29) is 47.8 Å². The monoisotopic (exact) mass is 698 g/mol. The summed E-state index contributed by atoms with van der Waals surface area (Å²) in [6.07, 6.45) is 7.32. The Hall–Kier alpha value is -3.80. The van der Waals surface area contributed by atoms with Crippen molar-refractivity contribution in [1.29, 1.82) is 0 Å². The number of thioether (sulfide) groups is 1. The summed E-state index contributed by atoms with van der Waals surface area (Å²) in [6, 6.07) is 5.23. The van der Waals surface area contributed by atoms with Gasteiger partial charge < -0.3 is 18.9 Å². The molecule has 1 aliphatic carbocycles. The van der Waals surface area contributed by atoms with E-state index >= 15 is 4.39 Å². The van der Waals surface area contributed by atoms with Gasteiger partial charge in [-0.25, -0.2) is 24.1 Å². The zero-order valence-electron chi connectivity index (χ0n) is 28.7. The average molecular weight is 699 g/mol. The van der Waals surface area contributed by atoms with Crippen LogP contribution in [0.5, 0.6) is 5.88 Å². The minimum atomic E-state index is -1.43. The van der Waals surface area contributed by atoms with Gasteiger partial charge in [-0.05, 0) is 57.9 Å². The molecule has 2 heterocycles. The Kier molecular flexibility index (Phi) is 11.1. The Morgan fingerprint density at radius 3 is 2.52 bits per heavy atom. The van der Waals surface area contributed by atoms with E-state index < -0.39 is 47.8 Å². The molecule has 1 saturated carbocycles. The molecule has 0 spiro atoms. The van der Waals surface area contributed by atoms with Gasteiger partial charge in [-0.15, -0.1) is 6.42 Å². The average Bonchev–Trinajstić information content (AvgIpc) is 3.76. The zero-order valence-corrected chi connectivity index (χ0v) is 30.5. The number of hydrogen-bond acceptors (Lipinski definition) is 11. The van der Waals surface area contributed by atoms with Crippen molar-refractivity contribution in [1.82, 2.24) is 14.9 Å². The van der Waals surface area contributed by atoms with Crippen LogP contribution >= 0.6 is 11.8 Å². The summed E-state index contributed by atoms with van der Waals surface area (Å²) in [7, 11) is -0.136. The lowest BCUT2D eigenvalue weighted by molar-refractivity contribution is -0.141. The largest absolute Gasteiger partial charge is 0.468 e. The number of fused-ring (bicyclic) bond motifs is 1. The van der Waals surface area contributed by atoms with Crippen LogP contribution in [0.1, 0.15) is 55.7 Å². The van der Waals surface area contributed by atoms with Crippen LogP contribution in [0.2, 0.25) is 25.7 Å². The number of esters is 1. The second-order valence-electron chi connectivity index (χ2n) is 14.2. The maximum absolute atomic E-state index is 15.8. The van der Waals surface area contributed by atoms with Crippen molar-refractivity contribution in [3.8, 4) is 18.2 Å². The second kappa shape index (κ2) is 14.4. The second-order valence-corrected chi connectivity index (χ2v) is 21.1. The lowest BCUT2D eigenvalue weighted by atomic mass is 9.84. The topological polar surface area (TPSA) is 130 Å². The molecule has 2 aromatic rings. The fraction of sp³-hybridized carbons (Fsp3) is 0.529. The number of rotatable bonds is 12. The highest BCUT2D eigenvalue weighted by molar-refractivity contribution is 8.15. The molecule has 1 aromatic heterocycles. The van der Waals surface area contributed by atoms with Gasteiger partial charge in [0.2, 0.25) is 5.88 Å². The molecule has 0 radical (unpaired) electrons. The van der Waals surface area contributed by atoms with Crippen molar-refractivity contribution in [2.75, 3.05) is 27.1 Å². The third-order valence-corrected chi connectivity index (χ3v) is 11.1. The van der Waals surface area contributed by atoms with E-state index in [0.29, 0.717) is 18.6 Å². The fourth-order valence-corrected chi connectivity index (χ4v) is 7.65. The van der Waals surface area contributed by atoms with Gasteiger partial charge in [-0.2, -0.15) is 0 Å². The smallest absolute Gasteiger partial charge is 0.418 e. The lowest BCUT2D eigenvalue weighted by Gasteiger charge is -2.37. The number of methoxy groups -OCH3 is 1. The molecule has 1 amide bonds. The molecule has 4 rings (SSSR count). The minimum absolute atomic E-state index is 0.0151. The highest BCUT2D eigenvalue weighted by atomic mass is 32.2. The van der Waals surface area contributed by atoms with Gasteiger partial charge in [0.05, 0.1) is 25.0 Å². The van der Waals surface area contributed by atoms with Gasteiger partial charge in [-0.3, -0.25) is 14.6 Å². The van der Waals surface area contributed by atoms with Crippen molar-refractivity contribution < 1.29 is 37.7 Å². The van der Waals surface area contributed by atoms with E-state index in [1.807, 2.05) is 0 Å². The normalized spacial score (nSPS) is 21.7. The van der Waals surface area contributed by atoms with E-state index in [9.17, 15) is 14.4 Å². The van der Waals surface area contributed by atoms with Gasteiger partial charge in [0.15, 0.2) is 17.6 Å². The first kappa shape index (κ1) is 37.0. The Morgan fingerprint density at radius 1 is 1.19 bits per heavy atom. The van der Waals surface area contributed by atoms with Gasteiger partial charge >= 0.3 is 12.1 Å². The number of ketones is 1. The third kappa shape index (κ3) is 8.61. The first-order valence-corrected chi connectivity index (χ1v) is 20.1. The van der Waals surface area contributed by atoms with Crippen molar-refractivity contribution in [3.63, 3.8) is 0 Å². The molecule has 48 heavy (non-hydrogen) atoms. The summed E-state index contributed by atoms with van der Waals surface area (Å²) < 4.78 is 36.8. The van der Waals surface area contributed by atoms with Crippen molar-refractivity contribution in [2.24, 2.45) is 10.9 Å². The standard InChI is InChI=1S/C34H43FN4O7SSi/c1-10-13-45-28-20-36-25(19-37-28)26(40)17-22-11-12-24(35)23(16-22)33(5)27-18-34(27,29(41)43-6)47-30(38-33)39(31(42)46-32(2,3)4)21-44-14-15-48(7,8)9/h1,11-12,16,19-20,27H,13-15,17-18,21H2,2-9H3/t27-,33+,34-/m0/s1. The highest BCUT2D eigenvalue weighted by Gasteiger charge is 2.72. The molecule has 1 fully saturated rings. The van der Waals surface area contributed by atoms with Crippen LogP contribution in [0.25, 0.3) is 0 Å². The molecule has 1 aliphatic heterocycles. The number of terminal acetylenes is 1. The number of Topliss-reactive ketones (excluding diaryl/α,β-unsaturated/α-hetero) is 1. The molecule has 0 saturated heterocycles. The highest BCUT2D eigenvalue weighted by Crippen LogP contribution is 2.67. The summed E-state index contributed by atoms with van der Waals surface area (Å²) in [5.41, 5.74) is -1.36. The molecule has 0 unspecified atom stereocenters. The van der Waals surface area contributed by atoms with E-state index in [1.165, 1.54) is 36.5 Å². The van der Waals surface area contributed by atoms with Gasteiger partial charge in [0, 0.05) is 32.6 Å². The Morgan fingerprint density at radius 2 is 1.92 bits per heavy atom.